The maximum Gasteiger partial charge on any atom is 0.328 e. The Hall–Kier alpha value is -1.57. The number of benzene rings is 1. The zero-order valence-electron chi connectivity index (χ0n) is 10.1. The van der Waals surface area contributed by atoms with Gasteiger partial charge < -0.3 is 5.11 Å². The fraction of sp³-hybridized carbons (Fsp3) is 0.357. The van der Waals surface area contributed by atoms with Crippen molar-refractivity contribution >= 4 is 12.0 Å². The van der Waals surface area contributed by atoms with Crippen molar-refractivity contribution < 1.29 is 9.90 Å². The van der Waals surface area contributed by atoms with Gasteiger partial charge in [-0.2, -0.15) is 0 Å². The first kappa shape index (κ1) is 12.5. The molecule has 1 aromatic carbocycles. The number of hydrogen-bond acceptors (Lipinski definition) is 1. The lowest BCUT2D eigenvalue weighted by molar-refractivity contribution is -0.131. The van der Waals surface area contributed by atoms with Crippen LogP contribution in [0.4, 0.5) is 0 Å². The fourth-order valence-corrected chi connectivity index (χ4v) is 1.91. The Labute approximate surface area is 96.6 Å². The van der Waals surface area contributed by atoms with Crippen LogP contribution >= 0.6 is 0 Å². The van der Waals surface area contributed by atoms with Crippen molar-refractivity contribution in [2.75, 3.05) is 0 Å². The van der Waals surface area contributed by atoms with Crippen molar-refractivity contribution in [3.63, 3.8) is 0 Å². The molecule has 86 valence electrons. The summed E-state index contributed by atoms with van der Waals surface area (Å²) < 4.78 is 0. The second-order valence-corrected chi connectivity index (χ2v) is 3.88. The lowest BCUT2D eigenvalue weighted by atomic mass is 9.94. The van der Waals surface area contributed by atoms with Crippen LogP contribution in [0.3, 0.4) is 0 Å². The minimum Gasteiger partial charge on any atom is -0.478 e. The quantitative estimate of drug-likeness (QED) is 0.788. The molecule has 0 heterocycles. The lowest BCUT2D eigenvalue weighted by Crippen LogP contribution is -1.96. The standard InChI is InChI=1S/C14H18O2/c1-4-11-8-10(3)9-12(5-2)13(11)6-7-14(15)16/h6-9H,4-5H2,1-3H3,(H,15,16). The molecule has 2 nitrogen and oxygen atoms in total. The van der Waals surface area contributed by atoms with Gasteiger partial charge in [0, 0.05) is 6.08 Å². The molecule has 0 aliphatic heterocycles. The molecular weight excluding hydrogens is 200 g/mol. The predicted molar refractivity (Wildman–Crippen MR) is 66.6 cm³/mol. The molecule has 2 heteroatoms. The molecule has 0 amide bonds. The molecule has 0 spiro atoms. The van der Waals surface area contributed by atoms with E-state index in [2.05, 4.69) is 32.9 Å². The molecule has 0 fully saturated rings. The normalized spacial score (nSPS) is 10.9. The zero-order chi connectivity index (χ0) is 12.1. The Morgan fingerprint density at radius 2 is 1.75 bits per heavy atom. The second-order valence-electron chi connectivity index (χ2n) is 3.88. The van der Waals surface area contributed by atoms with Gasteiger partial charge in [0.1, 0.15) is 0 Å². The summed E-state index contributed by atoms with van der Waals surface area (Å²) in [5.41, 5.74) is 4.74. The fourth-order valence-electron chi connectivity index (χ4n) is 1.91. The summed E-state index contributed by atoms with van der Waals surface area (Å²) in [4.78, 5) is 10.6. The van der Waals surface area contributed by atoms with E-state index in [-0.39, 0.29) is 0 Å². The van der Waals surface area contributed by atoms with Gasteiger partial charge >= 0.3 is 5.97 Å². The highest BCUT2D eigenvalue weighted by atomic mass is 16.4. The largest absolute Gasteiger partial charge is 0.478 e. The van der Waals surface area contributed by atoms with Gasteiger partial charge in [-0.3, -0.25) is 0 Å². The van der Waals surface area contributed by atoms with Gasteiger partial charge in [0.25, 0.3) is 0 Å². The average Bonchev–Trinajstić information content (AvgIpc) is 2.25. The predicted octanol–water partition coefficient (Wildman–Crippen LogP) is 3.22. The van der Waals surface area contributed by atoms with E-state index in [0.717, 1.165) is 18.4 Å². The van der Waals surface area contributed by atoms with Gasteiger partial charge in [0.05, 0.1) is 0 Å². The highest BCUT2D eigenvalue weighted by Gasteiger charge is 2.05. The number of aryl methyl sites for hydroxylation is 3. The molecule has 0 bridgehead atoms. The summed E-state index contributed by atoms with van der Waals surface area (Å²) in [6.45, 7) is 6.25. The summed E-state index contributed by atoms with van der Waals surface area (Å²) in [6, 6.07) is 4.25. The first-order valence-corrected chi connectivity index (χ1v) is 5.61. The third-order valence-corrected chi connectivity index (χ3v) is 2.65. The SMILES string of the molecule is CCc1cc(C)cc(CC)c1C=CC(=O)O. The molecule has 0 saturated carbocycles. The average molecular weight is 218 g/mol. The molecule has 0 aromatic heterocycles. The number of aliphatic carboxylic acids is 1. The first-order valence-electron chi connectivity index (χ1n) is 5.61. The minimum absolute atomic E-state index is 0.898. The monoisotopic (exact) mass is 218 g/mol. The number of carboxylic acid groups (broad SMARTS) is 1. The van der Waals surface area contributed by atoms with Crippen molar-refractivity contribution in [1.29, 1.82) is 0 Å². The molecule has 0 unspecified atom stereocenters. The van der Waals surface area contributed by atoms with Crippen LogP contribution in [-0.2, 0) is 17.6 Å². The molecule has 0 aliphatic rings. The van der Waals surface area contributed by atoms with E-state index in [4.69, 9.17) is 5.11 Å². The maximum atomic E-state index is 10.6. The molecule has 0 aliphatic carbocycles. The molecule has 1 rings (SSSR count). The molecular formula is C14H18O2. The van der Waals surface area contributed by atoms with Crippen molar-refractivity contribution in [3.8, 4) is 0 Å². The van der Waals surface area contributed by atoms with E-state index in [1.807, 2.05) is 0 Å². The van der Waals surface area contributed by atoms with Crippen molar-refractivity contribution in [2.24, 2.45) is 0 Å². The maximum absolute atomic E-state index is 10.6. The van der Waals surface area contributed by atoms with Crippen molar-refractivity contribution in [1.82, 2.24) is 0 Å². The van der Waals surface area contributed by atoms with Crippen molar-refractivity contribution in [2.45, 2.75) is 33.6 Å². The van der Waals surface area contributed by atoms with Crippen molar-refractivity contribution in [3.05, 3.63) is 40.5 Å². The minimum atomic E-state index is -0.898. The highest BCUT2D eigenvalue weighted by Crippen LogP contribution is 2.20. The number of rotatable bonds is 4. The number of carbonyl (C=O) groups is 1. The Morgan fingerprint density at radius 1 is 1.25 bits per heavy atom. The van der Waals surface area contributed by atoms with Gasteiger partial charge in [-0.05, 0) is 42.5 Å². The summed E-state index contributed by atoms with van der Waals surface area (Å²) in [5, 5.41) is 8.67. The van der Waals surface area contributed by atoms with Crippen LogP contribution in [0.5, 0.6) is 0 Å². The topological polar surface area (TPSA) is 37.3 Å². The van der Waals surface area contributed by atoms with E-state index in [0.29, 0.717) is 0 Å². The van der Waals surface area contributed by atoms with E-state index < -0.39 is 5.97 Å². The molecule has 1 aromatic rings. The highest BCUT2D eigenvalue weighted by molar-refractivity contribution is 5.86. The Morgan fingerprint density at radius 3 is 2.12 bits per heavy atom. The summed E-state index contributed by atoms with van der Waals surface area (Å²) in [6.07, 6.45) is 4.77. The summed E-state index contributed by atoms with van der Waals surface area (Å²) in [7, 11) is 0. The lowest BCUT2D eigenvalue weighted by Gasteiger charge is -2.11. The second kappa shape index (κ2) is 5.50. The van der Waals surface area contributed by atoms with Crippen LogP contribution < -0.4 is 0 Å². The van der Waals surface area contributed by atoms with Gasteiger partial charge in [0.2, 0.25) is 0 Å². The zero-order valence-corrected chi connectivity index (χ0v) is 10.1. The number of hydrogen-bond donors (Lipinski definition) is 1. The van der Waals surface area contributed by atoms with Crippen LogP contribution in [0, 0.1) is 6.92 Å². The van der Waals surface area contributed by atoms with E-state index in [1.54, 1.807) is 6.08 Å². The van der Waals surface area contributed by atoms with Gasteiger partial charge in [0.15, 0.2) is 0 Å². The Bertz CT molecular complexity index is 392. The van der Waals surface area contributed by atoms with E-state index in [9.17, 15) is 4.79 Å². The van der Waals surface area contributed by atoms with E-state index in [1.165, 1.54) is 22.8 Å². The third-order valence-electron chi connectivity index (χ3n) is 2.65. The van der Waals surface area contributed by atoms with Crippen LogP contribution in [0.25, 0.3) is 6.08 Å². The molecule has 0 radical (unpaired) electrons. The number of carboxylic acids is 1. The van der Waals surface area contributed by atoms with Gasteiger partial charge in [-0.15, -0.1) is 0 Å². The van der Waals surface area contributed by atoms with Gasteiger partial charge in [-0.25, -0.2) is 4.79 Å². The summed E-state index contributed by atoms with van der Waals surface area (Å²) >= 11 is 0. The van der Waals surface area contributed by atoms with Crippen LogP contribution in [0.1, 0.15) is 36.1 Å². The first-order chi connectivity index (χ1) is 7.58. The van der Waals surface area contributed by atoms with Gasteiger partial charge in [-0.1, -0.05) is 31.5 Å². The van der Waals surface area contributed by atoms with Crippen LogP contribution in [0.2, 0.25) is 0 Å². The summed E-state index contributed by atoms with van der Waals surface area (Å²) in [5.74, 6) is -0.898. The molecule has 1 N–H and O–H groups in total. The Kier molecular flexibility index (Phi) is 4.29. The Balaban J connectivity index is 3.27. The smallest absolute Gasteiger partial charge is 0.328 e. The van der Waals surface area contributed by atoms with Crippen LogP contribution in [0.15, 0.2) is 18.2 Å². The van der Waals surface area contributed by atoms with E-state index >= 15 is 0 Å². The van der Waals surface area contributed by atoms with Crippen LogP contribution in [-0.4, -0.2) is 11.1 Å². The molecule has 0 atom stereocenters. The third kappa shape index (κ3) is 2.96. The molecule has 16 heavy (non-hydrogen) atoms. The molecule has 0 saturated heterocycles.